The monoisotopic (exact) mass is 348 g/mol. The van der Waals surface area contributed by atoms with Crippen molar-refractivity contribution in [3.63, 3.8) is 0 Å². The maximum absolute atomic E-state index is 12.7. The van der Waals surface area contributed by atoms with Crippen LogP contribution in [-0.4, -0.2) is 27.2 Å². The van der Waals surface area contributed by atoms with Gasteiger partial charge in [0.05, 0.1) is 18.6 Å². The molecule has 134 valence electrons. The maximum atomic E-state index is 12.7. The van der Waals surface area contributed by atoms with Gasteiger partial charge in [0.2, 0.25) is 6.04 Å². The van der Waals surface area contributed by atoms with Crippen LogP contribution < -0.4 is 21.7 Å². The minimum absolute atomic E-state index is 0.0158. The molecule has 25 heavy (non-hydrogen) atoms. The average Bonchev–Trinajstić information content (AvgIpc) is 2.61. The molecule has 0 aliphatic rings. The molecule has 0 bridgehead atoms. The van der Waals surface area contributed by atoms with Gasteiger partial charge in [-0.2, -0.15) is 0 Å². The Bertz CT molecular complexity index is 931. The molecule has 0 radical (unpaired) electrons. The Morgan fingerprint density at radius 1 is 1.24 bits per heavy atom. The van der Waals surface area contributed by atoms with Crippen LogP contribution in [0.1, 0.15) is 24.0 Å². The van der Waals surface area contributed by atoms with Gasteiger partial charge in [-0.25, -0.2) is 4.79 Å². The van der Waals surface area contributed by atoms with Crippen molar-refractivity contribution in [3.8, 4) is 5.75 Å². The van der Waals surface area contributed by atoms with Gasteiger partial charge < -0.3 is 10.5 Å². The van der Waals surface area contributed by atoms with Crippen LogP contribution in [0.4, 0.5) is 5.82 Å². The Morgan fingerprint density at radius 3 is 2.44 bits per heavy atom. The molecule has 0 amide bonds. The number of nitrogens with two attached hydrogens (primary N) is 1. The summed E-state index contributed by atoms with van der Waals surface area (Å²) in [5.74, 6) is -0.525. The minimum atomic E-state index is -1.14. The van der Waals surface area contributed by atoms with Gasteiger partial charge in [0.25, 0.3) is 5.56 Å². The summed E-state index contributed by atoms with van der Waals surface area (Å²) in [5, 5.41) is 11.5. The Kier molecular flexibility index (Phi) is 4.96. The highest BCUT2D eigenvalue weighted by Crippen LogP contribution is 2.32. The van der Waals surface area contributed by atoms with E-state index in [0.717, 1.165) is 9.13 Å². The Labute approximate surface area is 143 Å². The SMILES string of the molecule is COc1cccc([C@@H](c2c(N)n(C)c(=O)n(C)c2=O)[C@H](C)[N+](=O)[O-])c1. The van der Waals surface area contributed by atoms with Crippen LogP contribution >= 0.6 is 0 Å². The third kappa shape index (κ3) is 3.12. The second kappa shape index (κ2) is 6.80. The summed E-state index contributed by atoms with van der Waals surface area (Å²) >= 11 is 0. The normalized spacial score (nSPS) is 13.3. The molecule has 1 aromatic heterocycles. The first-order valence-corrected chi connectivity index (χ1v) is 7.53. The van der Waals surface area contributed by atoms with Crippen molar-refractivity contribution >= 4 is 5.82 Å². The first kappa shape index (κ1) is 18.2. The Hall–Kier alpha value is -3.10. The predicted octanol–water partition coefficient (Wildman–Crippen LogP) is 0.472. The topological polar surface area (TPSA) is 122 Å². The molecule has 0 unspecified atom stereocenters. The highest BCUT2D eigenvalue weighted by Gasteiger charge is 2.35. The number of hydrogen-bond donors (Lipinski definition) is 1. The van der Waals surface area contributed by atoms with Gasteiger partial charge in [-0.1, -0.05) is 12.1 Å². The third-order valence-corrected chi connectivity index (χ3v) is 4.33. The fourth-order valence-electron chi connectivity index (χ4n) is 2.82. The molecule has 0 saturated heterocycles. The second-order valence-electron chi connectivity index (χ2n) is 5.78. The molecule has 1 heterocycles. The first-order valence-electron chi connectivity index (χ1n) is 7.53. The van der Waals surface area contributed by atoms with E-state index in [9.17, 15) is 19.7 Å². The maximum Gasteiger partial charge on any atom is 0.332 e. The van der Waals surface area contributed by atoms with E-state index < -0.39 is 28.1 Å². The third-order valence-electron chi connectivity index (χ3n) is 4.33. The number of benzene rings is 1. The van der Waals surface area contributed by atoms with Crippen LogP contribution in [-0.2, 0) is 14.1 Å². The van der Waals surface area contributed by atoms with E-state index in [1.807, 2.05) is 0 Å². The van der Waals surface area contributed by atoms with Gasteiger partial charge in [0, 0.05) is 25.9 Å². The zero-order valence-electron chi connectivity index (χ0n) is 14.4. The molecule has 0 fully saturated rings. The van der Waals surface area contributed by atoms with Crippen LogP contribution in [0, 0.1) is 10.1 Å². The van der Waals surface area contributed by atoms with Gasteiger partial charge in [-0.15, -0.1) is 0 Å². The smallest absolute Gasteiger partial charge is 0.332 e. The van der Waals surface area contributed by atoms with Crippen molar-refractivity contribution in [1.82, 2.24) is 9.13 Å². The number of nitrogens with zero attached hydrogens (tertiary/aromatic N) is 3. The van der Waals surface area contributed by atoms with Gasteiger partial charge in [-0.3, -0.25) is 24.0 Å². The Balaban J connectivity index is 2.85. The van der Waals surface area contributed by atoms with Gasteiger partial charge in [-0.05, 0) is 17.7 Å². The van der Waals surface area contributed by atoms with Gasteiger partial charge in [0.15, 0.2) is 0 Å². The van der Waals surface area contributed by atoms with Gasteiger partial charge >= 0.3 is 5.69 Å². The van der Waals surface area contributed by atoms with E-state index >= 15 is 0 Å². The van der Waals surface area contributed by atoms with Crippen LogP contribution in [0.25, 0.3) is 0 Å². The molecule has 2 N–H and O–H groups in total. The number of anilines is 1. The van der Waals surface area contributed by atoms with Crippen molar-refractivity contribution in [2.24, 2.45) is 14.1 Å². The lowest BCUT2D eigenvalue weighted by molar-refractivity contribution is -0.520. The molecular formula is C16H20N4O5. The number of aromatic nitrogens is 2. The van der Waals surface area contributed by atoms with E-state index in [-0.39, 0.29) is 11.4 Å². The van der Waals surface area contributed by atoms with Gasteiger partial charge in [0.1, 0.15) is 11.6 Å². The van der Waals surface area contributed by atoms with Crippen molar-refractivity contribution in [2.45, 2.75) is 18.9 Å². The van der Waals surface area contributed by atoms with Crippen LogP contribution in [0.2, 0.25) is 0 Å². The van der Waals surface area contributed by atoms with Crippen molar-refractivity contribution in [2.75, 3.05) is 12.8 Å². The van der Waals surface area contributed by atoms with Crippen LogP contribution in [0.5, 0.6) is 5.75 Å². The lowest BCUT2D eigenvalue weighted by atomic mass is 9.86. The molecule has 0 spiro atoms. The van der Waals surface area contributed by atoms with Crippen molar-refractivity contribution < 1.29 is 9.66 Å². The number of nitrogen functional groups attached to an aromatic ring is 1. The number of methoxy groups -OCH3 is 1. The molecule has 0 aliphatic heterocycles. The molecule has 1 aromatic carbocycles. The van der Waals surface area contributed by atoms with E-state index in [4.69, 9.17) is 10.5 Å². The number of hydrogen-bond acceptors (Lipinski definition) is 6. The predicted molar refractivity (Wildman–Crippen MR) is 92.6 cm³/mol. The molecular weight excluding hydrogens is 328 g/mol. The van der Waals surface area contributed by atoms with Crippen molar-refractivity contribution in [1.29, 1.82) is 0 Å². The molecule has 2 aromatic rings. The summed E-state index contributed by atoms with van der Waals surface area (Å²) in [6, 6.07) is 5.52. The fraction of sp³-hybridized carbons (Fsp3) is 0.375. The van der Waals surface area contributed by atoms with Crippen molar-refractivity contribution in [3.05, 3.63) is 66.3 Å². The summed E-state index contributed by atoms with van der Waals surface area (Å²) < 4.78 is 7.17. The molecule has 9 nitrogen and oxygen atoms in total. The molecule has 0 saturated carbocycles. The summed E-state index contributed by atoms with van der Waals surface area (Å²) in [4.78, 5) is 35.7. The molecule has 9 heteroatoms. The van der Waals surface area contributed by atoms with E-state index in [0.29, 0.717) is 11.3 Å². The molecule has 2 atom stereocenters. The summed E-state index contributed by atoms with van der Waals surface area (Å²) in [6.07, 6.45) is 0. The number of ether oxygens (including phenoxy) is 1. The fourth-order valence-corrected chi connectivity index (χ4v) is 2.82. The lowest BCUT2D eigenvalue weighted by Gasteiger charge is -2.22. The number of nitro groups is 1. The zero-order chi connectivity index (χ0) is 18.9. The summed E-state index contributed by atoms with van der Waals surface area (Å²) in [7, 11) is 4.21. The molecule has 0 aliphatic carbocycles. The summed E-state index contributed by atoms with van der Waals surface area (Å²) in [6.45, 7) is 1.40. The quantitative estimate of drug-likeness (QED) is 0.619. The first-order chi connectivity index (χ1) is 11.7. The van der Waals surface area contributed by atoms with E-state index in [1.165, 1.54) is 28.1 Å². The number of rotatable bonds is 5. The standard InChI is InChI=1S/C16H20N4O5/c1-9(20(23)24)12(10-6-5-7-11(8-10)25-4)13-14(17)18(2)16(22)19(3)15(13)21/h5-9,12H,17H2,1-4H3/t9-,12-/m0/s1. The van der Waals surface area contributed by atoms with Crippen LogP contribution in [0.15, 0.2) is 33.9 Å². The van der Waals surface area contributed by atoms with E-state index in [1.54, 1.807) is 24.3 Å². The summed E-state index contributed by atoms with van der Waals surface area (Å²) in [5.41, 5.74) is 5.27. The largest absolute Gasteiger partial charge is 0.497 e. The highest BCUT2D eigenvalue weighted by atomic mass is 16.6. The molecule has 2 rings (SSSR count). The average molecular weight is 348 g/mol. The van der Waals surface area contributed by atoms with Crippen LogP contribution in [0.3, 0.4) is 0 Å². The lowest BCUT2D eigenvalue weighted by Crippen LogP contribution is -2.43. The Morgan fingerprint density at radius 2 is 1.88 bits per heavy atom. The highest BCUT2D eigenvalue weighted by molar-refractivity contribution is 5.47. The zero-order valence-corrected chi connectivity index (χ0v) is 14.4. The second-order valence-corrected chi connectivity index (χ2v) is 5.78. The minimum Gasteiger partial charge on any atom is -0.497 e. The van der Waals surface area contributed by atoms with E-state index in [2.05, 4.69) is 0 Å².